The highest BCUT2D eigenvalue weighted by atomic mass is 32.2. The van der Waals surface area contributed by atoms with Crippen LogP contribution in [0.2, 0.25) is 0 Å². The Morgan fingerprint density at radius 2 is 1.42 bits per heavy atom. The van der Waals surface area contributed by atoms with Crippen LogP contribution in [0.1, 0.15) is 43.2 Å². The summed E-state index contributed by atoms with van der Waals surface area (Å²) in [5, 5.41) is 3.13. The van der Waals surface area contributed by atoms with Crippen molar-refractivity contribution in [2.45, 2.75) is 57.2 Å². The first-order chi connectivity index (χ1) is 20.5. The number of hydrogen-bond donors (Lipinski definition) is 1. The van der Waals surface area contributed by atoms with E-state index in [1.807, 2.05) is 30.3 Å². The number of carbonyl (C=O) groups is 2. The van der Waals surface area contributed by atoms with Crippen molar-refractivity contribution in [1.29, 1.82) is 0 Å². The van der Waals surface area contributed by atoms with Crippen LogP contribution in [0.3, 0.4) is 0 Å². The zero-order valence-corrected chi connectivity index (χ0v) is 25.3. The number of benzene rings is 3. The molecule has 1 fully saturated rings. The van der Waals surface area contributed by atoms with Crippen LogP contribution in [0, 0.1) is 11.6 Å². The molecule has 1 N–H and O–H groups in total. The highest BCUT2D eigenvalue weighted by Crippen LogP contribution is 2.23. The van der Waals surface area contributed by atoms with Crippen molar-refractivity contribution in [2.24, 2.45) is 0 Å². The molecule has 0 saturated heterocycles. The molecule has 1 aliphatic carbocycles. The van der Waals surface area contributed by atoms with Gasteiger partial charge < -0.3 is 10.2 Å². The van der Waals surface area contributed by atoms with Gasteiger partial charge in [-0.25, -0.2) is 13.1 Å². The van der Waals surface area contributed by atoms with Crippen LogP contribution in [-0.2, 0) is 32.8 Å². The maximum absolute atomic E-state index is 14.2. The maximum Gasteiger partial charge on any atom is 0.304 e. The van der Waals surface area contributed by atoms with Gasteiger partial charge in [-0.15, -0.1) is 0 Å². The van der Waals surface area contributed by atoms with E-state index in [1.165, 1.54) is 55.4 Å². The van der Waals surface area contributed by atoms with E-state index in [-0.39, 0.29) is 30.6 Å². The van der Waals surface area contributed by atoms with E-state index < -0.39 is 40.3 Å². The Morgan fingerprint density at radius 1 is 0.837 bits per heavy atom. The summed E-state index contributed by atoms with van der Waals surface area (Å²) in [6, 6.07) is 18.7. The Bertz CT molecular complexity index is 1460. The Kier molecular flexibility index (Phi) is 10.9. The summed E-state index contributed by atoms with van der Waals surface area (Å²) in [6.45, 7) is -0.705. The molecule has 1 saturated carbocycles. The molecule has 230 valence electrons. The van der Waals surface area contributed by atoms with E-state index in [2.05, 4.69) is 5.32 Å². The average Bonchev–Trinajstić information content (AvgIpc) is 3.00. The van der Waals surface area contributed by atoms with Gasteiger partial charge in [-0.05, 0) is 60.4 Å². The van der Waals surface area contributed by atoms with Crippen LogP contribution >= 0.6 is 0 Å². The average molecular weight is 613 g/mol. The fourth-order valence-corrected chi connectivity index (χ4v) is 6.26. The summed E-state index contributed by atoms with van der Waals surface area (Å²) in [4.78, 5) is 29.6. The molecule has 0 radical (unpaired) electrons. The van der Waals surface area contributed by atoms with E-state index in [9.17, 15) is 26.8 Å². The highest BCUT2D eigenvalue weighted by molar-refractivity contribution is 7.90. The molecule has 3 aromatic rings. The van der Waals surface area contributed by atoms with Crippen LogP contribution in [0.15, 0.2) is 78.9 Å². The number of halogens is 2. The molecule has 0 aromatic heterocycles. The van der Waals surface area contributed by atoms with Gasteiger partial charge in [-0.3, -0.25) is 9.59 Å². The lowest BCUT2D eigenvalue weighted by molar-refractivity contribution is -0.140. The van der Waals surface area contributed by atoms with E-state index >= 15 is 0 Å². The third kappa shape index (κ3) is 8.61. The molecular weight excluding hydrogens is 574 g/mol. The first kappa shape index (κ1) is 32.1. The van der Waals surface area contributed by atoms with E-state index in [1.54, 1.807) is 0 Å². The third-order valence-electron chi connectivity index (χ3n) is 7.62. The number of anilines is 1. The summed E-state index contributed by atoms with van der Waals surface area (Å²) >= 11 is 0. The fourth-order valence-electron chi connectivity index (χ4n) is 5.21. The number of nitrogens with one attached hydrogen (secondary N) is 1. The van der Waals surface area contributed by atoms with Crippen molar-refractivity contribution in [3.63, 3.8) is 0 Å². The zero-order valence-electron chi connectivity index (χ0n) is 24.5. The van der Waals surface area contributed by atoms with Crippen LogP contribution < -0.4 is 9.62 Å². The summed E-state index contributed by atoms with van der Waals surface area (Å²) in [6.07, 6.45) is 4.98. The van der Waals surface area contributed by atoms with Crippen LogP contribution in [0.5, 0.6) is 0 Å². The van der Waals surface area contributed by atoms with Crippen molar-refractivity contribution in [3.05, 3.63) is 102 Å². The Morgan fingerprint density at radius 3 is 2.00 bits per heavy atom. The summed E-state index contributed by atoms with van der Waals surface area (Å²) in [5.41, 5.74) is 1.48. The molecule has 1 atom stereocenters. The van der Waals surface area contributed by atoms with Gasteiger partial charge in [0.05, 0.1) is 5.69 Å². The van der Waals surface area contributed by atoms with Gasteiger partial charge in [-0.1, -0.05) is 61.7 Å². The highest BCUT2D eigenvalue weighted by Gasteiger charge is 2.35. The molecule has 1 aliphatic rings. The fraction of sp³-hybridized carbons (Fsp3) is 0.375. The molecule has 0 heterocycles. The molecule has 2 amide bonds. The lowest BCUT2D eigenvalue weighted by Crippen LogP contribution is -2.55. The van der Waals surface area contributed by atoms with Gasteiger partial charge in [0.1, 0.15) is 24.2 Å². The van der Waals surface area contributed by atoms with Crippen molar-refractivity contribution in [1.82, 2.24) is 14.5 Å². The second-order valence-electron chi connectivity index (χ2n) is 11.0. The molecule has 0 spiro atoms. The van der Waals surface area contributed by atoms with Crippen molar-refractivity contribution in [3.8, 4) is 0 Å². The van der Waals surface area contributed by atoms with Crippen LogP contribution in [-0.4, -0.2) is 62.2 Å². The molecule has 4 rings (SSSR count). The zero-order chi connectivity index (χ0) is 31.0. The third-order valence-corrected chi connectivity index (χ3v) is 9.44. The molecule has 0 aliphatic heterocycles. The standard InChI is InChI=1S/C32H38F2N4O4S/c1-36(2)43(41,42)38(29-19-17-27(34)18-20-29)23-31(39)37(22-25-13-15-26(33)16-14-25)30(21-24-9-5-3-6-10-24)32(40)35-28-11-7-4-8-12-28/h3,5-6,9-10,13-20,28,30H,4,7-8,11-12,21-23H2,1-2H3,(H,35,40)/t30-/m0/s1. The summed E-state index contributed by atoms with van der Waals surface area (Å²) < 4.78 is 56.1. The number of hydrogen-bond acceptors (Lipinski definition) is 4. The minimum atomic E-state index is -4.19. The molecule has 0 unspecified atom stereocenters. The normalized spacial score (nSPS) is 14.7. The predicted molar refractivity (Wildman–Crippen MR) is 162 cm³/mol. The molecule has 0 bridgehead atoms. The van der Waals surface area contributed by atoms with E-state index in [0.717, 1.165) is 58.4 Å². The molecular formula is C32H38F2N4O4S. The molecule has 3 aromatic carbocycles. The second kappa shape index (κ2) is 14.6. The smallest absolute Gasteiger partial charge is 0.304 e. The number of nitrogens with zero attached hydrogens (tertiary/aromatic N) is 3. The number of rotatable bonds is 12. The lowest BCUT2D eigenvalue weighted by Gasteiger charge is -2.35. The minimum absolute atomic E-state index is 0.0212. The second-order valence-corrected chi connectivity index (χ2v) is 13.0. The predicted octanol–water partition coefficient (Wildman–Crippen LogP) is 4.67. The molecule has 43 heavy (non-hydrogen) atoms. The van der Waals surface area contributed by atoms with Crippen LogP contribution in [0.25, 0.3) is 0 Å². The van der Waals surface area contributed by atoms with Gasteiger partial charge in [0.15, 0.2) is 0 Å². The van der Waals surface area contributed by atoms with Crippen LogP contribution in [0.4, 0.5) is 14.5 Å². The van der Waals surface area contributed by atoms with Crippen molar-refractivity contribution >= 4 is 27.7 Å². The molecule has 8 nitrogen and oxygen atoms in total. The number of amides is 2. The van der Waals surface area contributed by atoms with Gasteiger partial charge in [0.25, 0.3) is 0 Å². The van der Waals surface area contributed by atoms with Gasteiger partial charge >= 0.3 is 10.2 Å². The first-order valence-corrected chi connectivity index (χ1v) is 15.8. The van der Waals surface area contributed by atoms with E-state index in [0.29, 0.717) is 5.56 Å². The maximum atomic E-state index is 14.2. The minimum Gasteiger partial charge on any atom is -0.352 e. The Hall–Kier alpha value is -3.83. The molecule has 11 heteroatoms. The first-order valence-electron chi connectivity index (χ1n) is 14.4. The van der Waals surface area contributed by atoms with Gasteiger partial charge in [0.2, 0.25) is 11.8 Å². The van der Waals surface area contributed by atoms with Gasteiger partial charge in [0, 0.05) is 33.1 Å². The van der Waals surface area contributed by atoms with Crippen molar-refractivity contribution in [2.75, 3.05) is 24.9 Å². The Balaban J connectivity index is 1.74. The topological polar surface area (TPSA) is 90.0 Å². The van der Waals surface area contributed by atoms with Crippen molar-refractivity contribution < 1.29 is 26.8 Å². The quantitative estimate of drug-likeness (QED) is 0.322. The number of carbonyl (C=O) groups excluding carboxylic acids is 2. The largest absolute Gasteiger partial charge is 0.352 e. The Labute approximate surface area is 252 Å². The SMILES string of the molecule is CN(C)S(=O)(=O)N(CC(=O)N(Cc1ccc(F)cc1)[C@@H](Cc1ccccc1)C(=O)NC1CCCCC1)c1ccc(F)cc1. The lowest BCUT2D eigenvalue weighted by atomic mass is 9.94. The van der Waals surface area contributed by atoms with Gasteiger partial charge in [-0.2, -0.15) is 12.7 Å². The monoisotopic (exact) mass is 612 g/mol. The van der Waals surface area contributed by atoms with E-state index in [4.69, 9.17) is 0 Å². The summed E-state index contributed by atoms with van der Waals surface area (Å²) in [5.74, 6) is -1.98. The summed E-state index contributed by atoms with van der Waals surface area (Å²) in [7, 11) is -1.52.